The maximum absolute atomic E-state index is 11.9. The van der Waals surface area contributed by atoms with Gasteiger partial charge in [-0.25, -0.2) is 23.1 Å². The maximum atomic E-state index is 11.9. The van der Waals surface area contributed by atoms with Gasteiger partial charge in [-0.1, -0.05) is 13.8 Å². The third-order valence-corrected chi connectivity index (χ3v) is 3.57. The van der Waals surface area contributed by atoms with Crippen LogP contribution < -0.4 is 10.0 Å². The fraction of sp³-hybridized carbons (Fsp3) is 0.636. The van der Waals surface area contributed by atoms with Crippen molar-refractivity contribution in [3.05, 3.63) is 12.4 Å². The molecule has 2 N–H and O–H groups in total. The van der Waals surface area contributed by atoms with Crippen molar-refractivity contribution in [3.63, 3.8) is 0 Å². The summed E-state index contributed by atoms with van der Waals surface area (Å²) in [6.07, 6.45) is 2.52. The molecule has 0 atom stereocenters. The maximum Gasteiger partial charge on any atom is 0.243 e. The van der Waals surface area contributed by atoms with Gasteiger partial charge >= 0.3 is 0 Å². The summed E-state index contributed by atoms with van der Waals surface area (Å²) in [5, 5.41) is 2.72. The van der Waals surface area contributed by atoms with Crippen LogP contribution in [0.5, 0.6) is 0 Å². The third kappa shape index (κ3) is 5.50. The number of nitrogens with zero attached hydrogens (tertiary/aromatic N) is 2. The minimum absolute atomic E-state index is 0.0374. The molecule has 0 aliphatic heterocycles. The molecule has 8 heteroatoms. The summed E-state index contributed by atoms with van der Waals surface area (Å²) in [6, 6.07) is 0. The van der Waals surface area contributed by atoms with Crippen LogP contribution in [0.3, 0.4) is 0 Å². The quantitative estimate of drug-likeness (QED) is 0.675. The summed E-state index contributed by atoms with van der Waals surface area (Å²) in [7, 11) is -1.91. The zero-order valence-corrected chi connectivity index (χ0v) is 12.2. The van der Waals surface area contributed by atoms with E-state index in [1.165, 1.54) is 12.4 Å². The van der Waals surface area contributed by atoms with Gasteiger partial charge < -0.3 is 10.1 Å². The Morgan fingerprint density at radius 1 is 1.32 bits per heavy atom. The van der Waals surface area contributed by atoms with Gasteiger partial charge in [0.1, 0.15) is 4.90 Å². The molecule has 0 spiro atoms. The summed E-state index contributed by atoms with van der Waals surface area (Å²) < 4.78 is 31.5. The Hall–Kier alpha value is -1.25. The molecule has 0 fully saturated rings. The predicted molar refractivity (Wildman–Crippen MR) is 72.4 cm³/mol. The molecule has 0 bridgehead atoms. The minimum Gasteiger partial charge on any atom is -0.380 e. The number of anilines is 1. The predicted octanol–water partition coefficient (Wildman–Crippen LogP) is 0.469. The van der Waals surface area contributed by atoms with Gasteiger partial charge in [-0.05, 0) is 5.92 Å². The Kier molecular flexibility index (Phi) is 6.13. The molecule has 0 aliphatic carbocycles. The zero-order valence-electron chi connectivity index (χ0n) is 11.4. The Bertz CT molecular complexity index is 473. The van der Waals surface area contributed by atoms with Crippen molar-refractivity contribution in [2.24, 2.45) is 5.92 Å². The minimum atomic E-state index is -3.57. The summed E-state index contributed by atoms with van der Waals surface area (Å²) in [5.41, 5.74) is 0. The summed E-state index contributed by atoms with van der Waals surface area (Å²) in [6.45, 7) is 5.24. The molecule has 0 aromatic carbocycles. The summed E-state index contributed by atoms with van der Waals surface area (Å²) >= 11 is 0. The number of sulfonamides is 1. The number of nitrogens with one attached hydrogen (secondary N) is 2. The Morgan fingerprint density at radius 3 is 2.47 bits per heavy atom. The normalized spacial score (nSPS) is 11.8. The van der Waals surface area contributed by atoms with Crippen molar-refractivity contribution in [3.8, 4) is 0 Å². The number of hydrogen-bond acceptors (Lipinski definition) is 6. The van der Waals surface area contributed by atoms with Crippen LogP contribution in [-0.4, -0.2) is 45.2 Å². The van der Waals surface area contributed by atoms with E-state index in [0.717, 1.165) is 0 Å². The fourth-order valence-corrected chi connectivity index (χ4v) is 2.14. The van der Waals surface area contributed by atoms with Crippen molar-refractivity contribution in [1.82, 2.24) is 14.7 Å². The molecule has 1 aromatic heterocycles. The second-order valence-corrected chi connectivity index (χ2v) is 6.13. The van der Waals surface area contributed by atoms with Crippen LogP contribution in [0.4, 0.5) is 5.95 Å². The molecule has 1 rings (SSSR count). The molecule has 0 saturated heterocycles. The van der Waals surface area contributed by atoms with Gasteiger partial charge in [0.2, 0.25) is 16.0 Å². The summed E-state index contributed by atoms with van der Waals surface area (Å²) in [5.74, 6) is 0.804. The van der Waals surface area contributed by atoms with Crippen LogP contribution in [0.25, 0.3) is 0 Å². The Morgan fingerprint density at radius 2 is 1.95 bits per heavy atom. The van der Waals surface area contributed by atoms with Crippen LogP contribution in [0, 0.1) is 5.92 Å². The highest BCUT2D eigenvalue weighted by Gasteiger charge is 2.14. The standard InChI is InChI=1S/C11H20N4O3S/c1-9(2)8-18-5-4-15-19(16,17)10-6-13-11(12-3)14-7-10/h6-7,9,15H,4-5,8H2,1-3H3,(H,12,13,14). The first-order chi connectivity index (χ1) is 8.95. The lowest BCUT2D eigenvalue weighted by Gasteiger charge is -2.08. The second-order valence-electron chi connectivity index (χ2n) is 4.36. The SMILES string of the molecule is CNc1ncc(S(=O)(=O)NCCOCC(C)C)cn1. The molecule has 108 valence electrons. The van der Waals surface area contributed by atoms with Crippen LogP contribution in [0.15, 0.2) is 17.3 Å². The van der Waals surface area contributed by atoms with Gasteiger partial charge in [-0.2, -0.15) is 0 Å². The van der Waals surface area contributed by atoms with Gasteiger partial charge in [0.25, 0.3) is 0 Å². The van der Waals surface area contributed by atoms with Gasteiger partial charge in [0.15, 0.2) is 0 Å². The van der Waals surface area contributed by atoms with E-state index < -0.39 is 10.0 Å². The van der Waals surface area contributed by atoms with Gasteiger partial charge in [-0.3, -0.25) is 0 Å². The van der Waals surface area contributed by atoms with Crippen molar-refractivity contribution < 1.29 is 13.2 Å². The average molecular weight is 288 g/mol. The first-order valence-corrected chi connectivity index (χ1v) is 7.51. The smallest absolute Gasteiger partial charge is 0.243 e. The highest BCUT2D eigenvalue weighted by molar-refractivity contribution is 7.89. The molecular weight excluding hydrogens is 268 g/mol. The first-order valence-electron chi connectivity index (χ1n) is 6.03. The zero-order chi connectivity index (χ0) is 14.3. The van der Waals surface area contributed by atoms with Crippen LogP contribution in [-0.2, 0) is 14.8 Å². The molecule has 19 heavy (non-hydrogen) atoms. The number of hydrogen-bond donors (Lipinski definition) is 2. The lowest BCUT2D eigenvalue weighted by Crippen LogP contribution is -2.28. The molecule has 1 heterocycles. The van der Waals surface area contributed by atoms with Gasteiger partial charge in [0, 0.05) is 20.2 Å². The third-order valence-electron chi connectivity index (χ3n) is 2.15. The average Bonchev–Trinajstić information content (AvgIpc) is 2.38. The fourth-order valence-electron chi connectivity index (χ4n) is 1.23. The van der Waals surface area contributed by atoms with Crippen LogP contribution >= 0.6 is 0 Å². The van der Waals surface area contributed by atoms with E-state index in [1.807, 2.05) is 13.8 Å². The van der Waals surface area contributed by atoms with E-state index in [-0.39, 0.29) is 11.4 Å². The van der Waals surface area contributed by atoms with E-state index in [1.54, 1.807) is 7.05 Å². The van der Waals surface area contributed by atoms with E-state index in [4.69, 9.17) is 4.74 Å². The topological polar surface area (TPSA) is 93.2 Å². The second kappa shape index (κ2) is 7.37. The van der Waals surface area contributed by atoms with E-state index >= 15 is 0 Å². The van der Waals surface area contributed by atoms with Crippen molar-refractivity contribution >= 4 is 16.0 Å². The largest absolute Gasteiger partial charge is 0.380 e. The van der Waals surface area contributed by atoms with E-state index in [2.05, 4.69) is 20.0 Å². The van der Waals surface area contributed by atoms with Crippen LogP contribution in [0.1, 0.15) is 13.8 Å². The molecule has 7 nitrogen and oxygen atoms in total. The lowest BCUT2D eigenvalue weighted by molar-refractivity contribution is 0.114. The number of ether oxygens (including phenoxy) is 1. The lowest BCUT2D eigenvalue weighted by atomic mass is 10.2. The molecule has 0 amide bonds. The molecule has 1 aromatic rings. The number of aromatic nitrogens is 2. The first kappa shape index (κ1) is 15.8. The van der Waals surface area contributed by atoms with Crippen molar-refractivity contribution in [2.45, 2.75) is 18.7 Å². The Labute approximate surface area is 113 Å². The Balaban J connectivity index is 2.46. The highest BCUT2D eigenvalue weighted by atomic mass is 32.2. The molecule has 0 unspecified atom stereocenters. The number of rotatable bonds is 8. The van der Waals surface area contributed by atoms with Crippen molar-refractivity contribution in [2.75, 3.05) is 32.1 Å². The van der Waals surface area contributed by atoms with E-state index in [0.29, 0.717) is 25.1 Å². The molecular formula is C11H20N4O3S. The van der Waals surface area contributed by atoms with Crippen LogP contribution in [0.2, 0.25) is 0 Å². The van der Waals surface area contributed by atoms with Gasteiger partial charge in [0.05, 0.1) is 19.0 Å². The molecule has 0 saturated carbocycles. The molecule has 0 aliphatic rings. The monoisotopic (exact) mass is 288 g/mol. The van der Waals surface area contributed by atoms with Crippen molar-refractivity contribution in [1.29, 1.82) is 0 Å². The highest BCUT2D eigenvalue weighted by Crippen LogP contribution is 2.06. The summed E-state index contributed by atoms with van der Waals surface area (Å²) in [4.78, 5) is 7.75. The van der Waals surface area contributed by atoms with Gasteiger partial charge in [-0.15, -0.1) is 0 Å². The molecule has 0 radical (unpaired) electrons. The van der Waals surface area contributed by atoms with E-state index in [9.17, 15) is 8.42 Å².